The number of nitrogens with zero attached hydrogens (tertiary/aromatic N) is 2. The van der Waals surface area contributed by atoms with Gasteiger partial charge in [-0.15, -0.1) is 0 Å². The van der Waals surface area contributed by atoms with Gasteiger partial charge in [0.25, 0.3) is 0 Å². The Hall–Kier alpha value is -1.07. The van der Waals surface area contributed by atoms with Crippen molar-refractivity contribution in [3.05, 3.63) is 0 Å². The first kappa shape index (κ1) is 23.0. The van der Waals surface area contributed by atoms with Gasteiger partial charge in [-0.1, -0.05) is 13.8 Å². The first-order chi connectivity index (χ1) is 12.1. The molecule has 1 aliphatic rings. The van der Waals surface area contributed by atoms with Crippen LogP contribution >= 0.6 is 0 Å². The summed E-state index contributed by atoms with van der Waals surface area (Å²) in [5.41, 5.74) is -5.25. The normalized spacial score (nSPS) is 18.3. The van der Waals surface area contributed by atoms with Crippen LogP contribution in [0.4, 0.5) is 13.2 Å². The van der Waals surface area contributed by atoms with E-state index in [9.17, 15) is 21.6 Å². The van der Waals surface area contributed by atoms with Crippen LogP contribution < -0.4 is 10.6 Å². The van der Waals surface area contributed by atoms with Gasteiger partial charge in [-0.3, -0.25) is 4.99 Å². The largest absolute Gasteiger partial charge is 0.511 e. The van der Waals surface area contributed by atoms with Crippen LogP contribution in [0.25, 0.3) is 0 Å². The highest BCUT2D eigenvalue weighted by molar-refractivity contribution is 7.90. The summed E-state index contributed by atoms with van der Waals surface area (Å²) in [5, 5.41) is 6.24. The molecule has 1 heterocycles. The number of hydrogen-bond donors (Lipinski definition) is 2. The number of aliphatic imine (C=N–C) groups is 1. The van der Waals surface area contributed by atoms with E-state index in [1.165, 1.54) is 0 Å². The molecule has 26 heavy (non-hydrogen) atoms. The van der Waals surface area contributed by atoms with Crippen molar-refractivity contribution in [1.29, 1.82) is 0 Å². The predicted molar refractivity (Wildman–Crippen MR) is 94.3 cm³/mol. The summed E-state index contributed by atoms with van der Waals surface area (Å²) < 4.78 is 66.5. The van der Waals surface area contributed by atoms with E-state index < -0.39 is 15.5 Å². The molecular formula is C15H29F3N4O3S. The Kier molecular flexibility index (Phi) is 9.11. The van der Waals surface area contributed by atoms with E-state index in [1.807, 2.05) is 0 Å². The minimum Gasteiger partial charge on any atom is -0.381 e. The Labute approximate surface area is 153 Å². The lowest BCUT2D eigenvalue weighted by Gasteiger charge is -2.32. The fourth-order valence-corrected chi connectivity index (χ4v) is 3.46. The average molecular weight is 402 g/mol. The van der Waals surface area contributed by atoms with E-state index in [-0.39, 0.29) is 32.0 Å². The summed E-state index contributed by atoms with van der Waals surface area (Å²) in [6, 6.07) is -0.127. The van der Waals surface area contributed by atoms with Gasteiger partial charge in [0, 0.05) is 45.9 Å². The van der Waals surface area contributed by atoms with Gasteiger partial charge in [0.05, 0.1) is 0 Å². The smallest absolute Gasteiger partial charge is 0.381 e. The van der Waals surface area contributed by atoms with Crippen molar-refractivity contribution in [2.24, 2.45) is 10.9 Å². The van der Waals surface area contributed by atoms with Crippen molar-refractivity contribution in [3.8, 4) is 0 Å². The second kappa shape index (κ2) is 10.3. The first-order valence-electron chi connectivity index (χ1n) is 8.69. The van der Waals surface area contributed by atoms with Gasteiger partial charge in [-0.2, -0.15) is 17.5 Å². The third-order valence-corrected chi connectivity index (χ3v) is 5.49. The van der Waals surface area contributed by atoms with E-state index in [1.54, 1.807) is 7.05 Å². The zero-order valence-corrected chi connectivity index (χ0v) is 16.3. The highest BCUT2D eigenvalue weighted by atomic mass is 32.2. The van der Waals surface area contributed by atoms with E-state index in [0.29, 0.717) is 35.9 Å². The van der Waals surface area contributed by atoms with Gasteiger partial charge in [0.15, 0.2) is 5.96 Å². The van der Waals surface area contributed by atoms with E-state index in [2.05, 4.69) is 29.5 Å². The highest BCUT2D eigenvalue weighted by Crippen LogP contribution is 2.28. The van der Waals surface area contributed by atoms with E-state index in [0.717, 1.165) is 6.42 Å². The molecular weight excluding hydrogens is 373 g/mol. The second-order valence-corrected chi connectivity index (χ2v) is 8.52. The lowest BCUT2D eigenvalue weighted by molar-refractivity contribution is -0.0494. The Balaban J connectivity index is 2.32. The molecule has 0 aromatic heterocycles. The number of ether oxygens (including phenoxy) is 1. The summed E-state index contributed by atoms with van der Waals surface area (Å²) >= 11 is 0. The zero-order valence-electron chi connectivity index (χ0n) is 15.5. The molecule has 7 nitrogen and oxygen atoms in total. The summed E-state index contributed by atoms with van der Waals surface area (Å²) in [6.07, 6.45) is 1.37. The van der Waals surface area contributed by atoms with Gasteiger partial charge in [0.2, 0.25) is 0 Å². The molecule has 0 saturated carbocycles. The highest BCUT2D eigenvalue weighted by Gasteiger charge is 2.50. The molecule has 2 N–H and O–H groups in total. The van der Waals surface area contributed by atoms with Crippen LogP contribution in [0.3, 0.4) is 0 Å². The van der Waals surface area contributed by atoms with Crippen LogP contribution in [0.1, 0.15) is 33.1 Å². The molecule has 0 aliphatic carbocycles. The molecule has 1 rings (SSSR count). The molecule has 0 unspecified atom stereocenters. The number of nitrogens with one attached hydrogen (secondary N) is 2. The number of piperidine rings is 1. The van der Waals surface area contributed by atoms with Crippen LogP contribution in [0.5, 0.6) is 0 Å². The number of guanidine groups is 1. The van der Waals surface area contributed by atoms with E-state index >= 15 is 0 Å². The topological polar surface area (TPSA) is 83.0 Å². The molecule has 0 aromatic rings. The maximum atomic E-state index is 12.6. The molecule has 0 bridgehead atoms. The quantitative estimate of drug-likeness (QED) is 0.366. The van der Waals surface area contributed by atoms with Crippen LogP contribution in [-0.4, -0.2) is 70.1 Å². The monoisotopic (exact) mass is 402 g/mol. The first-order valence-corrected chi connectivity index (χ1v) is 10.1. The molecule has 11 heteroatoms. The van der Waals surface area contributed by atoms with Gasteiger partial charge >= 0.3 is 15.5 Å². The minimum absolute atomic E-state index is 0.127. The molecule has 0 atom stereocenters. The molecule has 1 fully saturated rings. The van der Waals surface area contributed by atoms with E-state index in [4.69, 9.17) is 4.74 Å². The SMILES string of the molecule is CN=C(NCCCOCC(C)C)NC1CCN(S(=O)(=O)C(F)(F)F)CC1. The molecule has 1 saturated heterocycles. The maximum absolute atomic E-state index is 12.6. The lowest BCUT2D eigenvalue weighted by atomic mass is 10.1. The predicted octanol–water partition coefficient (Wildman–Crippen LogP) is 1.53. The van der Waals surface area contributed by atoms with Crippen LogP contribution in [-0.2, 0) is 14.8 Å². The van der Waals surface area contributed by atoms with Crippen molar-refractivity contribution in [1.82, 2.24) is 14.9 Å². The minimum atomic E-state index is -5.25. The van der Waals surface area contributed by atoms with Gasteiger partial charge in [-0.25, -0.2) is 8.42 Å². The number of alkyl halides is 3. The summed E-state index contributed by atoms with van der Waals surface area (Å²) in [4.78, 5) is 4.08. The third kappa shape index (κ3) is 7.28. The Morgan fingerprint density at radius 1 is 1.31 bits per heavy atom. The Morgan fingerprint density at radius 2 is 1.92 bits per heavy atom. The fraction of sp³-hybridized carbons (Fsp3) is 0.933. The van der Waals surface area contributed by atoms with Crippen molar-refractivity contribution < 1.29 is 26.3 Å². The molecule has 154 valence electrons. The number of halogens is 3. The lowest BCUT2D eigenvalue weighted by Crippen LogP contribution is -2.51. The van der Waals surface area contributed by atoms with Crippen molar-refractivity contribution in [3.63, 3.8) is 0 Å². The van der Waals surface area contributed by atoms with Gasteiger partial charge in [-0.05, 0) is 25.2 Å². The molecule has 0 spiro atoms. The Morgan fingerprint density at radius 3 is 2.42 bits per heavy atom. The van der Waals surface area contributed by atoms with Crippen LogP contribution in [0, 0.1) is 5.92 Å². The Bertz CT molecular complexity index is 545. The number of rotatable bonds is 8. The molecule has 0 amide bonds. The van der Waals surface area contributed by atoms with Crippen molar-refractivity contribution in [2.75, 3.05) is 39.9 Å². The second-order valence-electron chi connectivity index (χ2n) is 6.59. The average Bonchev–Trinajstić information content (AvgIpc) is 2.56. The van der Waals surface area contributed by atoms with Crippen molar-refractivity contribution in [2.45, 2.75) is 44.7 Å². The third-order valence-electron chi connectivity index (χ3n) is 3.86. The van der Waals surface area contributed by atoms with Crippen LogP contribution in [0.2, 0.25) is 0 Å². The van der Waals surface area contributed by atoms with Gasteiger partial charge < -0.3 is 15.4 Å². The summed E-state index contributed by atoms with van der Waals surface area (Å²) in [7, 11) is -3.64. The zero-order chi connectivity index (χ0) is 19.8. The standard InChI is InChI=1S/C15H29F3N4O3S/c1-12(2)11-25-10-4-7-20-14(19-3)21-13-5-8-22(9-6-13)26(23,24)15(16,17)18/h12-13H,4-11H2,1-3H3,(H2,19,20,21). The van der Waals surface area contributed by atoms with Crippen LogP contribution in [0.15, 0.2) is 4.99 Å². The van der Waals surface area contributed by atoms with Crippen molar-refractivity contribution >= 4 is 16.0 Å². The fourth-order valence-electron chi connectivity index (χ4n) is 2.47. The molecule has 0 aromatic carbocycles. The van der Waals surface area contributed by atoms with Gasteiger partial charge in [0.1, 0.15) is 0 Å². The number of sulfonamides is 1. The maximum Gasteiger partial charge on any atom is 0.511 e. The summed E-state index contributed by atoms with van der Waals surface area (Å²) in [6.45, 7) is 5.82. The number of hydrogen-bond acceptors (Lipinski definition) is 4. The summed E-state index contributed by atoms with van der Waals surface area (Å²) in [5.74, 6) is 1.04. The molecule has 1 aliphatic heterocycles. The molecule has 0 radical (unpaired) electrons.